The molecular weight excluding hydrogens is 340 g/mol. The number of esters is 1. The molecule has 0 saturated heterocycles. The minimum absolute atomic E-state index is 0.191. The lowest BCUT2D eigenvalue weighted by molar-refractivity contribution is -0.150. The summed E-state index contributed by atoms with van der Waals surface area (Å²) in [7, 11) is 0. The van der Waals surface area contributed by atoms with Gasteiger partial charge in [-0.3, -0.25) is 4.79 Å². The van der Waals surface area contributed by atoms with Gasteiger partial charge in [-0.05, 0) is 70.1 Å². The van der Waals surface area contributed by atoms with Crippen LogP contribution < -0.4 is 5.32 Å². The Bertz CT molecular complexity index is 730. The molecule has 0 aromatic carbocycles. The highest BCUT2D eigenvalue weighted by Gasteiger charge is 2.27. The van der Waals surface area contributed by atoms with Crippen LogP contribution in [0.4, 0.5) is 0 Å². The topological polar surface area (TPSA) is 60.3 Å². The van der Waals surface area contributed by atoms with Crippen LogP contribution in [0.2, 0.25) is 0 Å². The highest BCUT2D eigenvalue weighted by molar-refractivity contribution is 5.90. The fourth-order valence-corrected chi connectivity index (χ4v) is 4.12. The molecule has 3 atom stereocenters. The largest absolute Gasteiger partial charge is 0.449 e. The van der Waals surface area contributed by atoms with Gasteiger partial charge in [0, 0.05) is 29.5 Å². The predicted molar refractivity (Wildman–Crippen MR) is 106 cm³/mol. The molecule has 2 fully saturated rings. The number of ether oxygens (including phenoxy) is 1. The number of aromatic nitrogens is 1. The number of nitrogens with zero attached hydrogens (tertiary/aromatic N) is 1. The van der Waals surface area contributed by atoms with Crippen molar-refractivity contribution in [3.05, 3.63) is 29.1 Å². The highest BCUT2D eigenvalue weighted by atomic mass is 16.5. The Morgan fingerprint density at radius 2 is 1.93 bits per heavy atom. The molecule has 1 aromatic heterocycles. The average Bonchev–Trinajstić information content (AvgIpc) is 3.41. The first kappa shape index (κ1) is 19.7. The van der Waals surface area contributed by atoms with Gasteiger partial charge in [0.2, 0.25) is 0 Å². The monoisotopic (exact) mass is 372 g/mol. The van der Waals surface area contributed by atoms with Gasteiger partial charge in [0.15, 0.2) is 6.10 Å². The first-order valence-electron chi connectivity index (χ1n) is 10.2. The molecule has 0 radical (unpaired) electrons. The van der Waals surface area contributed by atoms with Gasteiger partial charge in [0.1, 0.15) is 0 Å². The minimum Gasteiger partial charge on any atom is -0.449 e. The van der Waals surface area contributed by atoms with Crippen molar-refractivity contribution in [1.29, 1.82) is 0 Å². The Morgan fingerprint density at radius 3 is 2.59 bits per heavy atom. The highest BCUT2D eigenvalue weighted by Crippen LogP contribution is 2.38. The van der Waals surface area contributed by atoms with Gasteiger partial charge >= 0.3 is 5.97 Å². The van der Waals surface area contributed by atoms with Gasteiger partial charge in [-0.25, -0.2) is 4.79 Å². The summed E-state index contributed by atoms with van der Waals surface area (Å²) in [5, 5.41) is 3.04. The Kier molecular flexibility index (Phi) is 6.08. The molecule has 2 aliphatic rings. The van der Waals surface area contributed by atoms with Crippen LogP contribution in [0.3, 0.4) is 0 Å². The number of carbonyl (C=O) groups excluding carboxylic acids is 2. The molecule has 0 bridgehead atoms. The maximum atomic E-state index is 12.3. The number of hydrogen-bond acceptors (Lipinski definition) is 3. The van der Waals surface area contributed by atoms with Crippen molar-refractivity contribution in [1.82, 2.24) is 9.88 Å². The SMILES string of the molecule is Cc1cc(/C=C/C(=O)O[C@@H](C)C(=O)N[C@@H]2CCCC[C@@H]2C)c(C)n1C1CC1. The number of carbonyl (C=O) groups is 2. The van der Waals surface area contributed by atoms with Crippen molar-refractivity contribution < 1.29 is 14.3 Å². The zero-order valence-electron chi connectivity index (χ0n) is 17.0. The standard InChI is InChI=1S/C22H32N2O3/c1-14-7-5-6-8-20(14)23-22(26)17(4)27-21(25)12-9-18-13-15(2)24(16(18)3)19-10-11-19/h9,12-14,17,19-20H,5-8,10-11H2,1-4H3,(H,23,26)/b12-9+/t14-,17-,20+/m0/s1. The molecule has 3 rings (SSSR count). The average molecular weight is 373 g/mol. The molecule has 5 nitrogen and oxygen atoms in total. The predicted octanol–water partition coefficient (Wildman–Crippen LogP) is 4.08. The molecule has 0 spiro atoms. The van der Waals surface area contributed by atoms with E-state index in [2.05, 4.69) is 36.7 Å². The number of nitrogens with one attached hydrogen (secondary N) is 1. The molecule has 148 valence electrons. The van der Waals surface area contributed by atoms with Crippen molar-refractivity contribution in [2.24, 2.45) is 5.92 Å². The van der Waals surface area contributed by atoms with Crippen LogP contribution in [0.15, 0.2) is 12.1 Å². The molecular formula is C22H32N2O3. The minimum atomic E-state index is -0.782. The van der Waals surface area contributed by atoms with Crippen LogP contribution in [0.1, 0.15) is 75.4 Å². The molecule has 1 N–H and O–H groups in total. The van der Waals surface area contributed by atoms with Crippen LogP contribution in [0.5, 0.6) is 0 Å². The normalized spacial score (nSPS) is 24.0. The Morgan fingerprint density at radius 1 is 1.22 bits per heavy atom. The Hall–Kier alpha value is -2.04. The maximum Gasteiger partial charge on any atom is 0.331 e. The van der Waals surface area contributed by atoms with E-state index >= 15 is 0 Å². The van der Waals surface area contributed by atoms with E-state index in [0.29, 0.717) is 12.0 Å². The van der Waals surface area contributed by atoms with Crippen molar-refractivity contribution in [3.8, 4) is 0 Å². The molecule has 0 aliphatic heterocycles. The summed E-state index contributed by atoms with van der Waals surface area (Å²) in [5.41, 5.74) is 3.43. The van der Waals surface area contributed by atoms with Gasteiger partial charge < -0.3 is 14.6 Å². The van der Waals surface area contributed by atoms with E-state index < -0.39 is 12.1 Å². The molecule has 0 unspecified atom stereocenters. The van der Waals surface area contributed by atoms with Crippen LogP contribution in [0, 0.1) is 19.8 Å². The first-order valence-corrected chi connectivity index (χ1v) is 10.2. The summed E-state index contributed by atoms with van der Waals surface area (Å²) in [6.07, 6.45) is 9.40. The number of hydrogen-bond donors (Lipinski definition) is 1. The molecule has 1 amide bonds. The second-order valence-electron chi connectivity index (χ2n) is 8.22. The van der Waals surface area contributed by atoms with Gasteiger partial charge in [0.25, 0.3) is 5.91 Å². The third-order valence-corrected chi connectivity index (χ3v) is 5.94. The number of rotatable bonds is 6. The first-order chi connectivity index (χ1) is 12.9. The summed E-state index contributed by atoms with van der Waals surface area (Å²) in [6.45, 7) is 7.98. The molecule has 27 heavy (non-hydrogen) atoms. The lowest BCUT2D eigenvalue weighted by Crippen LogP contribution is -2.45. The van der Waals surface area contributed by atoms with E-state index in [1.807, 2.05) is 0 Å². The number of aryl methyl sites for hydroxylation is 1. The van der Waals surface area contributed by atoms with Crippen molar-refractivity contribution in [2.75, 3.05) is 0 Å². The zero-order chi connectivity index (χ0) is 19.6. The van der Waals surface area contributed by atoms with Crippen molar-refractivity contribution >= 4 is 18.0 Å². The fourth-order valence-electron chi connectivity index (χ4n) is 4.12. The summed E-state index contributed by atoms with van der Waals surface area (Å²) >= 11 is 0. The lowest BCUT2D eigenvalue weighted by Gasteiger charge is -2.30. The third-order valence-electron chi connectivity index (χ3n) is 5.94. The summed E-state index contributed by atoms with van der Waals surface area (Å²) in [4.78, 5) is 24.5. The van der Waals surface area contributed by atoms with Gasteiger partial charge in [-0.15, -0.1) is 0 Å². The quantitative estimate of drug-likeness (QED) is 0.605. The maximum absolute atomic E-state index is 12.3. The van der Waals surface area contributed by atoms with E-state index in [0.717, 1.165) is 24.8 Å². The van der Waals surface area contributed by atoms with Crippen LogP contribution in [-0.2, 0) is 14.3 Å². The van der Waals surface area contributed by atoms with Gasteiger partial charge in [-0.2, -0.15) is 0 Å². The van der Waals surface area contributed by atoms with E-state index in [1.165, 1.54) is 36.7 Å². The fraction of sp³-hybridized carbons (Fsp3) is 0.636. The molecule has 2 saturated carbocycles. The smallest absolute Gasteiger partial charge is 0.331 e. The van der Waals surface area contributed by atoms with E-state index in [-0.39, 0.29) is 11.9 Å². The van der Waals surface area contributed by atoms with Gasteiger partial charge in [0.05, 0.1) is 0 Å². The van der Waals surface area contributed by atoms with E-state index in [4.69, 9.17) is 4.74 Å². The number of amides is 1. The second kappa shape index (κ2) is 8.32. The summed E-state index contributed by atoms with van der Waals surface area (Å²) in [5.74, 6) is -0.208. The van der Waals surface area contributed by atoms with E-state index in [1.54, 1.807) is 13.0 Å². The van der Waals surface area contributed by atoms with Crippen molar-refractivity contribution in [2.45, 2.75) is 84.4 Å². The molecule has 1 heterocycles. The van der Waals surface area contributed by atoms with E-state index in [9.17, 15) is 9.59 Å². The Balaban J connectivity index is 1.53. The molecule has 2 aliphatic carbocycles. The Labute approximate surface area is 162 Å². The van der Waals surface area contributed by atoms with Crippen LogP contribution in [0.25, 0.3) is 6.08 Å². The molecule has 1 aromatic rings. The molecule has 5 heteroatoms. The third kappa shape index (κ3) is 4.82. The summed E-state index contributed by atoms with van der Waals surface area (Å²) < 4.78 is 7.64. The second-order valence-corrected chi connectivity index (χ2v) is 8.22. The van der Waals surface area contributed by atoms with Gasteiger partial charge in [-0.1, -0.05) is 19.8 Å². The van der Waals surface area contributed by atoms with Crippen LogP contribution in [-0.4, -0.2) is 28.6 Å². The van der Waals surface area contributed by atoms with Crippen molar-refractivity contribution in [3.63, 3.8) is 0 Å². The van der Waals surface area contributed by atoms with Crippen LogP contribution >= 0.6 is 0 Å². The lowest BCUT2D eigenvalue weighted by atomic mass is 9.86. The zero-order valence-corrected chi connectivity index (χ0v) is 17.0. The summed E-state index contributed by atoms with van der Waals surface area (Å²) in [6, 6.07) is 2.90.